The zero-order chi connectivity index (χ0) is 13.5. The minimum atomic E-state index is 0. The van der Waals surface area contributed by atoms with Gasteiger partial charge in [0.25, 0.3) is 0 Å². The molecule has 0 spiro atoms. The molecular formula is C15H24Cl2N2O. The van der Waals surface area contributed by atoms with E-state index in [2.05, 4.69) is 10.2 Å². The lowest BCUT2D eigenvalue weighted by atomic mass is 9.97. The van der Waals surface area contributed by atoms with Crippen LogP contribution >= 0.6 is 24.0 Å². The molecule has 20 heavy (non-hydrogen) atoms. The van der Waals surface area contributed by atoms with Crippen molar-refractivity contribution in [2.45, 2.75) is 12.8 Å². The van der Waals surface area contributed by atoms with Crippen LogP contribution < -0.4 is 10.1 Å². The Morgan fingerprint density at radius 2 is 2.10 bits per heavy atom. The van der Waals surface area contributed by atoms with E-state index in [4.69, 9.17) is 16.3 Å². The summed E-state index contributed by atoms with van der Waals surface area (Å²) < 4.78 is 5.73. The number of nitrogens with zero attached hydrogens (tertiary/aromatic N) is 1. The fourth-order valence-electron chi connectivity index (χ4n) is 2.55. The number of ether oxygens (including phenoxy) is 1. The van der Waals surface area contributed by atoms with Gasteiger partial charge in [0.15, 0.2) is 0 Å². The van der Waals surface area contributed by atoms with Crippen molar-refractivity contribution in [1.29, 1.82) is 0 Å². The molecule has 1 fully saturated rings. The molecule has 0 aliphatic carbocycles. The largest absolute Gasteiger partial charge is 0.492 e. The summed E-state index contributed by atoms with van der Waals surface area (Å²) in [5.41, 5.74) is 0. The van der Waals surface area contributed by atoms with Crippen LogP contribution in [0.25, 0.3) is 0 Å². The second-order valence-electron chi connectivity index (χ2n) is 5.15. The Labute approximate surface area is 133 Å². The highest BCUT2D eigenvalue weighted by Gasteiger charge is 2.18. The highest BCUT2D eigenvalue weighted by Crippen LogP contribution is 2.18. The van der Waals surface area contributed by atoms with Crippen LogP contribution in [0.2, 0.25) is 5.02 Å². The van der Waals surface area contributed by atoms with E-state index in [0.717, 1.165) is 36.4 Å². The predicted octanol–water partition coefficient (Wildman–Crippen LogP) is 3.07. The van der Waals surface area contributed by atoms with Gasteiger partial charge in [-0.05, 0) is 63.6 Å². The first kappa shape index (κ1) is 17.6. The minimum absolute atomic E-state index is 0. The van der Waals surface area contributed by atoms with E-state index >= 15 is 0 Å². The third kappa shape index (κ3) is 5.88. The lowest BCUT2D eigenvalue weighted by molar-refractivity contribution is 0.155. The van der Waals surface area contributed by atoms with Crippen molar-refractivity contribution in [1.82, 2.24) is 10.2 Å². The Bertz CT molecular complexity index is 382. The normalized spacial score (nSPS) is 16.7. The molecule has 0 amide bonds. The molecule has 1 aromatic rings. The first-order valence-electron chi connectivity index (χ1n) is 7.03. The number of halogens is 2. The van der Waals surface area contributed by atoms with Gasteiger partial charge in [-0.25, -0.2) is 0 Å². The Hall–Kier alpha value is -0.480. The summed E-state index contributed by atoms with van der Waals surface area (Å²) in [4.78, 5) is 2.48. The minimum Gasteiger partial charge on any atom is -0.492 e. The summed E-state index contributed by atoms with van der Waals surface area (Å²) in [6.45, 7) is 5.25. The van der Waals surface area contributed by atoms with Crippen LogP contribution in [0.4, 0.5) is 0 Å². The van der Waals surface area contributed by atoms with Crippen molar-refractivity contribution in [2.75, 3.05) is 39.8 Å². The summed E-state index contributed by atoms with van der Waals surface area (Å²) in [6, 6.07) is 7.59. The van der Waals surface area contributed by atoms with E-state index in [1.165, 1.54) is 25.9 Å². The third-order valence-corrected chi connectivity index (χ3v) is 3.91. The van der Waals surface area contributed by atoms with Crippen LogP contribution in [0.3, 0.4) is 0 Å². The number of rotatable bonds is 6. The number of benzene rings is 1. The van der Waals surface area contributed by atoms with Crippen LogP contribution in [0.1, 0.15) is 12.8 Å². The smallest absolute Gasteiger partial charge is 0.120 e. The molecular weight excluding hydrogens is 295 g/mol. The molecule has 5 heteroatoms. The maximum atomic E-state index is 5.92. The van der Waals surface area contributed by atoms with Crippen LogP contribution in [0, 0.1) is 5.92 Å². The van der Waals surface area contributed by atoms with Gasteiger partial charge in [-0.2, -0.15) is 0 Å². The zero-order valence-corrected chi connectivity index (χ0v) is 13.6. The van der Waals surface area contributed by atoms with Crippen LogP contribution in [-0.4, -0.2) is 44.7 Å². The molecule has 3 nitrogen and oxygen atoms in total. The van der Waals surface area contributed by atoms with Gasteiger partial charge >= 0.3 is 0 Å². The molecule has 1 N–H and O–H groups in total. The molecule has 0 saturated carbocycles. The maximum Gasteiger partial charge on any atom is 0.120 e. The van der Waals surface area contributed by atoms with Gasteiger partial charge in [0.2, 0.25) is 0 Å². The molecule has 0 bridgehead atoms. The summed E-state index contributed by atoms with van der Waals surface area (Å²) >= 11 is 5.92. The topological polar surface area (TPSA) is 24.5 Å². The Morgan fingerprint density at radius 1 is 1.35 bits per heavy atom. The van der Waals surface area contributed by atoms with Crippen LogP contribution in [0.15, 0.2) is 24.3 Å². The van der Waals surface area contributed by atoms with E-state index in [1.807, 2.05) is 31.3 Å². The lowest BCUT2D eigenvalue weighted by Gasteiger charge is -2.31. The molecule has 1 heterocycles. The quantitative estimate of drug-likeness (QED) is 0.872. The van der Waals surface area contributed by atoms with Gasteiger partial charge in [-0.3, -0.25) is 4.90 Å². The average Bonchev–Trinajstić information content (AvgIpc) is 2.41. The number of likely N-dealkylation sites (tertiary alicyclic amines) is 1. The molecule has 0 atom stereocenters. The lowest BCUT2D eigenvalue weighted by Crippen LogP contribution is -2.38. The fraction of sp³-hybridized carbons (Fsp3) is 0.600. The number of hydrogen-bond acceptors (Lipinski definition) is 3. The zero-order valence-electron chi connectivity index (χ0n) is 12.0. The predicted molar refractivity (Wildman–Crippen MR) is 87.3 cm³/mol. The van der Waals surface area contributed by atoms with E-state index in [9.17, 15) is 0 Å². The van der Waals surface area contributed by atoms with E-state index < -0.39 is 0 Å². The third-order valence-electron chi connectivity index (χ3n) is 3.67. The second kappa shape index (κ2) is 9.46. The highest BCUT2D eigenvalue weighted by molar-refractivity contribution is 6.30. The van der Waals surface area contributed by atoms with Gasteiger partial charge in [-0.15, -0.1) is 12.4 Å². The average molecular weight is 319 g/mol. The number of nitrogens with one attached hydrogen (secondary N) is 1. The first-order valence-corrected chi connectivity index (χ1v) is 7.41. The SMILES string of the molecule is CNCC1CCN(CCOc2cccc(Cl)c2)CC1.Cl. The van der Waals surface area contributed by atoms with Crippen molar-refractivity contribution in [2.24, 2.45) is 5.92 Å². The van der Waals surface area contributed by atoms with Crippen molar-refractivity contribution >= 4 is 24.0 Å². The second-order valence-corrected chi connectivity index (χ2v) is 5.58. The standard InChI is InChI=1S/C15H23ClN2O.ClH/c1-17-12-13-5-7-18(8-6-13)9-10-19-15-4-2-3-14(16)11-15;/h2-4,11,13,17H,5-10,12H2,1H3;1H. The molecule has 0 unspecified atom stereocenters. The number of piperidine rings is 1. The fourth-order valence-corrected chi connectivity index (χ4v) is 2.73. The van der Waals surface area contributed by atoms with Gasteiger partial charge in [-0.1, -0.05) is 17.7 Å². The van der Waals surface area contributed by atoms with Crippen LogP contribution in [-0.2, 0) is 0 Å². The van der Waals surface area contributed by atoms with E-state index in [-0.39, 0.29) is 12.4 Å². The molecule has 1 aliphatic heterocycles. The van der Waals surface area contributed by atoms with Crippen molar-refractivity contribution in [3.05, 3.63) is 29.3 Å². The number of hydrogen-bond donors (Lipinski definition) is 1. The molecule has 1 aliphatic rings. The van der Waals surface area contributed by atoms with Crippen molar-refractivity contribution in [3.8, 4) is 5.75 Å². The Kier molecular flexibility index (Phi) is 8.31. The molecule has 1 saturated heterocycles. The summed E-state index contributed by atoms with van der Waals surface area (Å²) in [6.07, 6.45) is 2.58. The Morgan fingerprint density at radius 3 is 2.75 bits per heavy atom. The summed E-state index contributed by atoms with van der Waals surface area (Å²) in [5, 5.41) is 3.99. The highest BCUT2D eigenvalue weighted by atomic mass is 35.5. The van der Waals surface area contributed by atoms with Gasteiger partial charge < -0.3 is 10.1 Å². The van der Waals surface area contributed by atoms with Crippen LogP contribution in [0.5, 0.6) is 5.75 Å². The van der Waals surface area contributed by atoms with Crippen molar-refractivity contribution in [3.63, 3.8) is 0 Å². The maximum absolute atomic E-state index is 5.92. The summed E-state index contributed by atoms with van der Waals surface area (Å²) in [7, 11) is 2.03. The van der Waals surface area contributed by atoms with Gasteiger partial charge in [0.1, 0.15) is 12.4 Å². The van der Waals surface area contributed by atoms with Gasteiger partial charge in [0, 0.05) is 11.6 Å². The molecule has 114 valence electrons. The molecule has 0 radical (unpaired) electrons. The summed E-state index contributed by atoms with van der Waals surface area (Å²) in [5.74, 6) is 1.70. The first-order chi connectivity index (χ1) is 9.28. The Balaban J connectivity index is 0.00000200. The molecule has 2 rings (SSSR count). The van der Waals surface area contributed by atoms with E-state index in [0.29, 0.717) is 0 Å². The monoisotopic (exact) mass is 318 g/mol. The van der Waals surface area contributed by atoms with E-state index in [1.54, 1.807) is 0 Å². The van der Waals surface area contributed by atoms with Crippen molar-refractivity contribution < 1.29 is 4.74 Å². The molecule has 0 aromatic heterocycles. The van der Waals surface area contributed by atoms with Gasteiger partial charge in [0.05, 0.1) is 0 Å². The molecule has 1 aromatic carbocycles.